The summed E-state index contributed by atoms with van der Waals surface area (Å²) in [5, 5.41) is 6.45. The van der Waals surface area contributed by atoms with E-state index in [9.17, 15) is 4.79 Å². The number of benzene rings is 1. The minimum Gasteiger partial charge on any atom is -0.455 e. The Kier molecular flexibility index (Phi) is 7.71. The second kappa shape index (κ2) is 9.78. The molecular weight excluding hydrogens is 387 g/mol. The van der Waals surface area contributed by atoms with Gasteiger partial charge in [-0.1, -0.05) is 11.6 Å². The highest BCUT2D eigenvalue weighted by atomic mass is 35.5. The molecule has 1 aromatic carbocycles. The van der Waals surface area contributed by atoms with Gasteiger partial charge in [0.1, 0.15) is 11.5 Å². The number of halogens is 2. The summed E-state index contributed by atoms with van der Waals surface area (Å²) in [6.07, 6.45) is 2.54. The number of amides is 2. The van der Waals surface area contributed by atoms with Crippen LogP contribution in [0.15, 0.2) is 45.9 Å². The Morgan fingerprint density at radius 1 is 1.19 bits per heavy atom. The lowest BCUT2D eigenvalue weighted by molar-refractivity contribution is 0.192. The van der Waals surface area contributed by atoms with Crippen LogP contribution >= 0.6 is 24.0 Å². The van der Waals surface area contributed by atoms with Crippen molar-refractivity contribution >= 4 is 36.3 Å². The van der Waals surface area contributed by atoms with Gasteiger partial charge in [-0.15, -0.1) is 12.4 Å². The van der Waals surface area contributed by atoms with Crippen LogP contribution in [0.4, 0.5) is 4.79 Å². The van der Waals surface area contributed by atoms with Crippen molar-refractivity contribution in [3.63, 3.8) is 0 Å². The van der Waals surface area contributed by atoms with Crippen molar-refractivity contribution in [3.05, 3.63) is 47.2 Å². The summed E-state index contributed by atoms with van der Waals surface area (Å²) in [6, 6.07) is 11.1. The van der Waals surface area contributed by atoms with Gasteiger partial charge in [-0.2, -0.15) is 5.10 Å². The van der Waals surface area contributed by atoms with E-state index in [1.54, 1.807) is 6.21 Å². The van der Waals surface area contributed by atoms with E-state index in [2.05, 4.69) is 10.0 Å². The molecule has 27 heavy (non-hydrogen) atoms. The Morgan fingerprint density at radius 3 is 2.63 bits per heavy atom. The summed E-state index contributed by atoms with van der Waals surface area (Å²) >= 11 is 5.90. The molecule has 1 aromatic heterocycles. The first-order valence-corrected chi connectivity index (χ1v) is 9.01. The zero-order chi connectivity index (χ0) is 18.5. The molecule has 1 saturated heterocycles. The van der Waals surface area contributed by atoms with Crippen LogP contribution in [0.3, 0.4) is 0 Å². The van der Waals surface area contributed by atoms with Gasteiger partial charge in [0, 0.05) is 23.7 Å². The zero-order valence-electron chi connectivity index (χ0n) is 15.5. The number of rotatable bonds is 7. The van der Waals surface area contributed by atoms with Crippen LogP contribution in [-0.4, -0.2) is 67.3 Å². The number of hydrogen-bond acceptors (Lipinski definition) is 4. The van der Waals surface area contributed by atoms with Gasteiger partial charge in [-0.25, -0.2) is 9.80 Å². The van der Waals surface area contributed by atoms with E-state index in [1.165, 1.54) is 5.01 Å². The lowest BCUT2D eigenvalue weighted by Crippen LogP contribution is -2.31. The molecule has 146 valence electrons. The van der Waals surface area contributed by atoms with E-state index in [-0.39, 0.29) is 18.4 Å². The molecule has 6 nitrogen and oxygen atoms in total. The van der Waals surface area contributed by atoms with Crippen molar-refractivity contribution < 1.29 is 9.21 Å². The van der Waals surface area contributed by atoms with Gasteiger partial charge in [-0.3, -0.25) is 0 Å². The Bertz CT molecular complexity index is 774. The summed E-state index contributed by atoms with van der Waals surface area (Å²) in [6.45, 7) is 3.03. The predicted molar refractivity (Wildman–Crippen MR) is 111 cm³/mol. The fourth-order valence-electron chi connectivity index (χ4n) is 2.78. The maximum Gasteiger partial charge on any atom is 0.340 e. The third-order valence-electron chi connectivity index (χ3n) is 4.19. The number of urea groups is 1. The van der Waals surface area contributed by atoms with Crippen LogP contribution < -0.4 is 0 Å². The SMILES string of the molecule is CN(C)CCCN1CCN(/N=C/c2ccc(-c3ccc(Cl)cc3)o2)C1=O.Cl. The van der Waals surface area contributed by atoms with E-state index in [0.29, 0.717) is 23.9 Å². The third-order valence-corrected chi connectivity index (χ3v) is 4.44. The van der Waals surface area contributed by atoms with Crippen molar-refractivity contribution in [2.45, 2.75) is 6.42 Å². The van der Waals surface area contributed by atoms with Gasteiger partial charge in [-0.05, 0) is 63.5 Å². The first-order chi connectivity index (χ1) is 12.5. The van der Waals surface area contributed by atoms with E-state index in [0.717, 1.165) is 30.8 Å². The second-order valence-corrected chi connectivity index (χ2v) is 6.94. The number of carbonyl (C=O) groups is 1. The van der Waals surface area contributed by atoms with Crippen molar-refractivity contribution in [3.8, 4) is 11.3 Å². The topological polar surface area (TPSA) is 52.3 Å². The molecule has 0 unspecified atom stereocenters. The zero-order valence-corrected chi connectivity index (χ0v) is 17.0. The quantitative estimate of drug-likeness (QED) is 0.646. The van der Waals surface area contributed by atoms with Crippen molar-refractivity contribution in [2.24, 2.45) is 5.10 Å². The monoisotopic (exact) mass is 410 g/mol. The molecule has 0 atom stereocenters. The molecule has 2 aromatic rings. The van der Waals surface area contributed by atoms with Crippen molar-refractivity contribution in [1.82, 2.24) is 14.8 Å². The van der Waals surface area contributed by atoms with E-state index >= 15 is 0 Å². The Morgan fingerprint density at radius 2 is 1.93 bits per heavy atom. The highest BCUT2D eigenvalue weighted by molar-refractivity contribution is 6.30. The molecule has 2 heterocycles. The summed E-state index contributed by atoms with van der Waals surface area (Å²) in [4.78, 5) is 16.3. The number of furan rings is 1. The largest absolute Gasteiger partial charge is 0.455 e. The fraction of sp³-hybridized carbons (Fsp3) is 0.368. The van der Waals surface area contributed by atoms with E-state index in [1.807, 2.05) is 55.4 Å². The molecule has 0 radical (unpaired) electrons. The normalized spacial score (nSPS) is 14.4. The molecule has 0 spiro atoms. The van der Waals surface area contributed by atoms with Crippen LogP contribution in [0.5, 0.6) is 0 Å². The van der Waals surface area contributed by atoms with Gasteiger partial charge in [0.15, 0.2) is 0 Å². The minimum atomic E-state index is -0.0514. The van der Waals surface area contributed by atoms with Crippen molar-refractivity contribution in [1.29, 1.82) is 0 Å². The maximum absolute atomic E-state index is 12.3. The van der Waals surface area contributed by atoms with Gasteiger partial charge in [0.2, 0.25) is 0 Å². The Labute approximate surface area is 170 Å². The van der Waals surface area contributed by atoms with Crippen LogP contribution in [0, 0.1) is 0 Å². The average molecular weight is 411 g/mol. The molecular formula is C19H24Cl2N4O2. The lowest BCUT2D eigenvalue weighted by atomic mass is 10.2. The van der Waals surface area contributed by atoms with Crippen LogP contribution in [0.25, 0.3) is 11.3 Å². The molecule has 3 rings (SSSR count). The van der Waals surface area contributed by atoms with Gasteiger partial charge in [0.25, 0.3) is 0 Å². The number of hydrazone groups is 1. The summed E-state index contributed by atoms with van der Waals surface area (Å²) in [7, 11) is 4.06. The van der Waals surface area contributed by atoms with Crippen LogP contribution in [0.2, 0.25) is 5.02 Å². The molecule has 0 saturated carbocycles. The molecule has 0 N–H and O–H groups in total. The number of hydrogen-bond donors (Lipinski definition) is 0. The van der Waals surface area contributed by atoms with E-state index < -0.39 is 0 Å². The standard InChI is InChI=1S/C19H23ClN4O2.ClH/c1-22(2)10-3-11-23-12-13-24(19(23)25)21-14-17-8-9-18(26-17)15-4-6-16(20)7-5-15;/h4-9,14H,3,10-13H2,1-2H3;1H/b21-14+;. The molecule has 0 aliphatic carbocycles. The van der Waals surface area contributed by atoms with Gasteiger partial charge >= 0.3 is 6.03 Å². The Hall–Kier alpha value is -2.02. The predicted octanol–water partition coefficient (Wildman–Crippen LogP) is 4.05. The second-order valence-electron chi connectivity index (χ2n) is 6.50. The highest BCUT2D eigenvalue weighted by Gasteiger charge is 2.27. The summed E-state index contributed by atoms with van der Waals surface area (Å²) in [5.74, 6) is 1.34. The first kappa shape index (κ1) is 21.3. The summed E-state index contributed by atoms with van der Waals surface area (Å²) < 4.78 is 5.77. The molecule has 8 heteroatoms. The molecule has 1 aliphatic rings. The average Bonchev–Trinajstić information content (AvgIpc) is 3.21. The maximum atomic E-state index is 12.3. The Balaban J connectivity index is 0.00000261. The minimum absolute atomic E-state index is 0. The van der Waals surface area contributed by atoms with Crippen LogP contribution in [0.1, 0.15) is 12.2 Å². The smallest absolute Gasteiger partial charge is 0.340 e. The van der Waals surface area contributed by atoms with Crippen LogP contribution in [-0.2, 0) is 0 Å². The lowest BCUT2D eigenvalue weighted by Gasteiger charge is -2.17. The third kappa shape index (κ3) is 5.73. The molecule has 1 aliphatic heterocycles. The number of carbonyl (C=O) groups excluding carboxylic acids is 1. The highest BCUT2D eigenvalue weighted by Crippen LogP contribution is 2.23. The summed E-state index contributed by atoms with van der Waals surface area (Å²) in [5.41, 5.74) is 0.943. The van der Waals surface area contributed by atoms with Gasteiger partial charge in [0.05, 0.1) is 12.8 Å². The first-order valence-electron chi connectivity index (χ1n) is 8.64. The van der Waals surface area contributed by atoms with Crippen molar-refractivity contribution in [2.75, 3.05) is 40.3 Å². The number of nitrogens with zero attached hydrogens (tertiary/aromatic N) is 4. The fourth-order valence-corrected chi connectivity index (χ4v) is 2.91. The van der Waals surface area contributed by atoms with E-state index in [4.69, 9.17) is 16.0 Å². The molecule has 0 bridgehead atoms. The molecule has 1 fully saturated rings. The van der Waals surface area contributed by atoms with Gasteiger partial charge < -0.3 is 14.2 Å². The molecule has 2 amide bonds.